The molecule has 0 spiro atoms. The number of ether oxygens (including phenoxy) is 1. The Kier molecular flexibility index (Phi) is 5.50. The third kappa shape index (κ3) is 4.13. The molecule has 0 radical (unpaired) electrons. The summed E-state index contributed by atoms with van der Waals surface area (Å²) in [6.45, 7) is 4.82. The van der Waals surface area contributed by atoms with Gasteiger partial charge in [0.2, 0.25) is 0 Å². The first-order chi connectivity index (χ1) is 13.7. The first kappa shape index (κ1) is 18.4. The van der Waals surface area contributed by atoms with Crippen molar-refractivity contribution in [1.29, 1.82) is 0 Å². The van der Waals surface area contributed by atoms with E-state index in [1.807, 2.05) is 48.5 Å². The summed E-state index contributed by atoms with van der Waals surface area (Å²) in [5.41, 5.74) is 2.57. The van der Waals surface area contributed by atoms with Crippen molar-refractivity contribution in [1.82, 2.24) is 15.2 Å². The normalized spacial score (nSPS) is 14.9. The second kappa shape index (κ2) is 8.37. The first-order valence-corrected chi connectivity index (χ1v) is 9.51. The minimum atomic E-state index is -0.0897. The van der Waals surface area contributed by atoms with Gasteiger partial charge in [0.1, 0.15) is 0 Å². The van der Waals surface area contributed by atoms with E-state index in [2.05, 4.69) is 15.2 Å². The van der Waals surface area contributed by atoms with E-state index in [-0.39, 0.29) is 11.5 Å². The lowest BCUT2D eigenvalue weighted by Gasteiger charge is -2.26. The van der Waals surface area contributed by atoms with Crippen LogP contribution in [0.4, 0.5) is 0 Å². The van der Waals surface area contributed by atoms with Crippen LogP contribution in [0.1, 0.15) is 10.4 Å². The number of morpholine rings is 1. The lowest BCUT2D eigenvalue weighted by Crippen LogP contribution is -2.41. The molecule has 28 heavy (non-hydrogen) atoms. The monoisotopic (exact) mass is 377 g/mol. The highest BCUT2D eigenvalue weighted by atomic mass is 16.5. The van der Waals surface area contributed by atoms with Crippen LogP contribution in [0.15, 0.2) is 59.5 Å². The van der Waals surface area contributed by atoms with Gasteiger partial charge in [0.15, 0.2) is 0 Å². The average Bonchev–Trinajstić information content (AvgIpc) is 2.74. The number of carbonyl (C=O) groups excluding carboxylic acids is 1. The van der Waals surface area contributed by atoms with Crippen molar-refractivity contribution in [3.05, 3.63) is 70.6 Å². The van der Waals surface area contributed by atoms with Gasteiger partial charge in [-0.15, -0.1) is 0 Å². The van der Waals surface area contributed by atoms with E-state index in [1.165, 1.54) is 0 Å². The standard InChI is InChI=1S/C22H23N3O3/c26-21(24-9-10-25-11-13-28-14-12-25)17-3-1-16(2-4-17)18-5-6-20-19(15-18)7-8-23-22(20)27/h1-8,15H,9-14H2,(H,23,27)(H,24,26). The second-order valence-electron chi connectivity index (χ2n) is 6.90. The number of hydrogen-bond donors (Lipinski definition) is 2. The van der Waals surface area contributed by atoms with Crippen molar-refractivity contribution < 1.29 is 9.53 Å². The van der Waals surface area contributed by atoms with Crippen LogP contribution in [0.3, 0.4) is 0 Å². The zero-order chi connectivity index (χ0) is 19.3. The highest BCUT2D eigenvalue weighted by molar-refractivity contribution is 5.95. The molecule has 144 valence electrons. The van der Waals surface area contributed by atoms with E-state index in [0.29, 0.717) is 17.5 Å². The van der Waals surface area contributed by atoms with Crippen molar-refractivity contribution in [3.8, 4) is 11.1 Å². The summed E-state index contributed by atoms with van der Waals surface area (Å²) in [6, 6.07) is 15.2. The zero-order valence-corrected chi connectivity index (χ0v) is 15.6. The molecule has 1 aliphatic rings. The number of nitrogens with zero attached hydrogens (tertiary/aromatic N) is 1. The Morgan fingerprint density at radius 2 is 1.79 bits per heavy atom. The van der Waals surface area contributed by atoms with Gasteiger partial charge in [-0.05, 0) is 46.8 Å². The van der Waals surface area contributed by atoms with Gasteiger partial charge in [0.25, 0.3) is 11.5 Å². The highest BCUT2D eigenvalue weighted by Gasteiger charge is 2.11. The number of rotatable bonds is 5. The predicted octanol–water partition coefficient (Wildman–Crippen LogP) is 2.26. The number of fused-ring (bicyclic) bond motifs is 1. The fourth-order valence-electron chi connectivity index (χ4n) is 3.44. The molecule has 1 aliphatic heterocycles. The molecule has 4 rings (SSSR count). The lowest BCUT2D eigenvalue weighted by atomic mass is 10.0. The van der Waals surface area contributed by atoms with Crippen molar-refractivity contribution >= 4 is 16.7 Å². The van der Waals surface area contributed by atoms with E-state index in [1.54, 1.807) is 6.20 Å². The van der Waals surface area contributed by atoms with Crippen LogP contribution in [0, 0.1) is 0 Å². The van der Waals surface area contributed by atoms with E-state index >= 15 is 0 Å². The SMILES string of the molecule is O=C(NCCN1CCOCC1)c1ccc(-c2ccc3c(=O)[nH]ccc3c2)cc1. The van der Waals surface area contributed by atoms with Crippen LogP contribution in [-0.4, -0.2) is 55.2 Å². The van der Waals surface area contributed by atoms with E-state index in [9.17, 15) is 9.59 Å². The van der Waals surface area contributed by atoms with Crippen molar-refractivity contribution in [2.45, 2.75) is 0 Å². The van der Waals surface area contributed by atoms with Crippen molar-refractivity contribution in [2.75, 3.05) is 39.4 Å². The molecule has 1 aromatic heterocycles. The smallest absolute Gasteiger partial charge is 0.255 e. The molecule has 3 aromatic rings. The van der Waals surface area contributed by atoms with Gasteiger partial charge in [-0.25, -0.2) is 0 Å². The van der Waals surface area contributed by atoms with Gasteiger partial charge in [-0.1, -0.05) is 18.2 Å². The number of hydrogen-bond acceptors (Lipinski definition) is 4. The quantitative estimate of drug-likeness (QED) is 0.715. The average molecular weight is 377 g/mol. The number of H-pyrrole nitrogens is 1. The maximum atomic E-state index is 12.4. The fraction of sp³-hybridized carbons (Fsp3) is 0.273. The molecular formula is C22H23N3O3. The van der Waals surface area contributed by atoms with Gasteiger partial charge < -0.3 is 15.0 Å². The molecule has 0 atom stereocenters. The summed E-state index contributed by atoms with van der Waals surface area (Å²) >= 11 is 0. The maximum Gasteiger partial charge on any atom is 0.255 e. The Hall–Kier alpha value is -2.96. The molecule has 0 bridgehead atoms. The minimum absolute atomic E-state index is 0.0649. The summed E-state index contributed by atoms with van der Waals surface area (Å²) in [6.07, 6.45) is 1.65. The Labute approximate surface area is 163 Å². The topological polar surface area (TPSA) is 74.4 Å². The first-order valence-electron chi connectivity index (χ1n) is 9.51. The summed E-state index contributed by atoms with van der Waals surface area (Å²) < 4.78 is 5.33. The number of pyridine rings is 1. The minimum Gasteiger partial charge on any atom is -0.379 e. The molecule has 0 aliphatic carbocycles. The van der Waals surface area contributed by atoms with Crippen molar-refractivity contribution in [3.63, 3.8) is 0 Å². The molecule has 1 fully saturated rings. The zero-order valence-electron chi connectivity index (χ0n) is 15.6. The van der Waals surface area contributed by atoms with Crippen LogP contribution in [0.5, 0.6) is 0 Å². The van der Waals surface area contributed by atoms with E-state index in [4.69, 9.17) is 4.74 Å². The van der Waals surface area contributed by atoms with Crippen LogP contribution >= 0.6 is 0 Å². The van der Waals surface area contributed by atoms with Gasteiger partial charge >= 0.3 is 0 Å². The summed E-state index contributed by atoms with van der Waals surface area (Å²) in [7, 11) is 0. The van der Waals surface area contributed by atoms with E-state index < -0.39 is 0 Å². The third-order valence-electron chi connectivity index (χ3n) is 5.07. The second-order valence-corrected chi connectivity index (χ2v) is 6.90. The largest absolute Gasteiger partial charge is 0.379 e. The molecule has 0 unspecified atom stereocenters. The predicted molar refractivity (Wildman–Crippen MR) is 110 cm³/mol. The number of carbonyl (C=O) groups is 1. The Bertz CT molecular complexity index is 1020. The highest BCUT2D eigenvalue weighted by Crippen LogP contribution is 2.23. The maximum absolute atomic E-state index is 12.4. The molecule has 2 aromatic carbocycles. The fourth-order valence-corrected chi connectivity index (χ4v) is 3.44. The van der Waals surface area contributed by atoms with Gasteiger partial charge in [0.05, 0.1) is 13.2 Å². The van der Waals surface area contributed by atoms with Crippen LogP contribution < -0.4 is 10.9 Å². The molecule has 0 saturated carbocycles. The lowest BCUT2D eigenvalue weighted by molar-refractivity contribution is 0.0383. The summed E-state index contributed by atoms with van der Waals surface area (Å²) in [5, 5.41) is 4.54. The molecule has 6 heteroatoms. The molecule has 2 N–H and O–H groups in total. The number of benzene rings is 2. The van der Waals surface area contributed by atoms with Crippen LogP contribution in [-0.2, 0) is 4.74 Å². The molecule has 6 nitrogen and oxygen atoms in total. The molecule has 1 amide bonds. The molecule has 1 saturated heterocycles. The van der Waals surface area contributed by atoms with Crippen LogP contribution in [0.25, 0.3) is 21.9 Å². The van der Waals surface area contributed by atoms with Gasteiger partial charge in [-0.2, -0.15) is 0 Å². The van der Waals surface area contributed by atoms with Gasteiger partial charge in [0, 0.05) is 43.3 Å². The summed E-state index contributed by atoms with van der Waals surface area (Å²) in [4.78, 5) is 29.1. The molecule has 2 heterocycles. The Balaban J connectivity index is 1.40. The summed E-state index contributed by atoms with van der Waals surface area (Å²) in [5.74, 6) is -0.0649. The number of aromatic nitrogens is 1. The molecular weight excluding hydrogens is 354 g/mol. The Morgan fingerprint density at radius 1 is 1.04 bits per heavy atom. The number of nitrogens with one attached hydrogen (secondary N) is 2. The number of aromatic amines is 1. The third-order valence-corrected chi connectivity index (χ3v) is 5.07. The van der Waals surface area contributed by atoms with Gasteiger partial charge in [-0.3, -0.25) is 14.5 Å². The number of amides is 1. The van der Waals surface area contributed by atoms with E-state index in [0.717, 1.165) is 49.4 Å². The van der Waals surface area contributed by atoms with Crippen LogP contribution in [0.2, 0.25) is 0 Å². The van der Waals surface area contributed by atoms with Crippen molar-refractivity contribution in [2.24, 2.45) is 0 Å². The Morgan fingerprint density at radius 3 is 2.57 bits per heavy atom.